The van der Waals surface area contributed by atoms with Gasteiger partial charge in [-0.2, -0.15) is 0 Å². The molecule has 0 bridgehead atoms. The third-order valence-electron chi connectivity index (χ3n) is 12.5. The van der Waals surface area contributed by atoms with Gasteiger partial charge < -0.3 is 28.8 Å². The fourth-order valence-corrected chi connectivity index (χ4v) is 8.50. The fourth-order valence-electron chi connectivity index (χ4n) is 7.78. The molecule has 8 nitrogen and oxygen atoms in total. The molecule has 0 aliphatic carbocycles. The quantitative estimate of drug-likeness (QED) is 0.0272. The van der Waals surface area contributed by atoms with Gasteiger partial charge in [0.25, 0.3) is 7.82 Å². The Balaban J connectivity index is 4.28. The second-order valence-corrected chi connectivity index (χ2v) is 22.4. The van der Waals surface area contributed by atoms with Gasteiger partial charge in [-0.25, -0.2) is 0 Å². The number of allylic oxidation sites excluding steroid dienone is 25. The Kier molecular flexibility index (Phi) is 54.0. The number of nitrogens with one attached hydrogen (secondary N) is 1. The summed E-state index contributed by atoms with van der Waals surface area (Å²) in [5, 5.41) is 13.8. The van der Waals surface area contributed by atoms with E-state index in [0.29, 0.717) is 17.4 Å². The van der Waals surface area contributed by atoms with Gasteiger partial charge in [-0.15, -0.1) is 0 Å². The molecule has 3 atom stereocenters. The summed E-state index contributed by atoms with van der Waals surface area (Å²) in [5.41, 5.74) is 0. The maximum Gasteiger partial charge on any atom is 0.268 e. The highest BCUT2D eigenvalue weighted by Crippen LogP contribution is 2.38. The standard InChI is InChI=1S/C68H113N2O6P/c1-6-8-10-12-14-16-18-20-22-24-25-26-27-28-29-30-31-32-33-34-35-36-37-38-39-40-41-42-43-44-45-46-48-50-52-54-56-58-60-62-68(72)69-66(65-76-77(73,74)75-64-63-70(3,4)5)67(71)61-59-57-55-53-51-49-47-23-21-19-17-15-13-11-9-7-2/h8,10,14,16,20,22,25-26,28-29,31-32,34-35,37-38,40-41,43-44,46,48,52,54,59,61,66-67,71H,6-7,9,11-13,15,17-19,21,23-24,27,30,33,36,39,42,45,47,49-51,53,55-58,60,62-65H2,1-5H3,(H-,69,72,73,74)/b10-8-,16-14-,22-20-,26-25-,29-28-,32-31-,35-34-,38-37-,41-40-,44-43-,48-46-,54-52-,61-59+. The molecule has 0 fully saturated rings. The molecular formula is C68H113N2O6P. The van der Waals surface area contributed by atoms with Crippen molar-refractivity contribution in [3.63, 3.8) is 0 Å². The van der Waals surface area contributed by atoms with Gasteiger partial charge in [-0.05, 0) is 109 Å². The van der Waals surface area contributed by atoms with E-state index in [1.807, 2.05) is 27.2 Å². The first kappa shape index (κ1) is 73.1. The molecule has 0 aromatic carbocycles. The maximum atomic E-state index is 12.9. The fraction of sp³-hybridized carbons (Fsp3) is 0.603. The van der Waals surface area contributed by atoms with Crippen LogP contribution in [-0.4, -0.2) is 68.5 Å². The van der Waals surface area contributed by atoms with E-state index in [9.17, 15) is 19.4 Å². The minimum absolute atomic E-state index is 0.0180. The number of hydrogen-bond acceptors (Lipinski definition) is 6. The molecule has 0 radical (unpaired) electrons. The van der Waals surface area contributed by atoms with Crippen molar-refractivity contribution in [3.05, 3.63) is 158 Å². The minimum Gasteiger partial charge on any atom is -0.756 e. The first-order valence-electron chi connectivity index (χ1n) is 30.3. The van der Waals surface area contributed by atoms with Crippen LogP contribution in [0, 0.1) is 0 Å². The highest BCUT2D eigenvalue weighted by atomic mass is 31.2. The van der Waals surface area contributed by atoms with Crippen molar-refractivity contribution in [1.82, 2.24) is 5.32 Å². The number of aliphatic hydroxyl groups excluding tert-OH is 1. The minimum atomic E-state index is -4.62. The topological polar surface area (TPSA) is 108 Å². The molecule has 0 spiro atoms. The van der Waals surface area contributed by atoms with Crippen LogP contribution in [-0.2, 0) is 18.4 Å². The van der Waals surface area contributed by atoms with Crippen molar-refractivity contribution in [1.29, 1.82) is 0 Å². The predicted octanol–water partition coefficient (Wildman–Crippen LogP) is 18.4. The third kappa shape index (κ3) is 59.6. The largest absolute Gasteiger partial charge is 0.756 e. The summed E-state index contributed by atoms with van der Waals surface area (Å²) >= 11 is 0. The van der Waals surface area contributed by atoms with E-state index in [0.717, 1.165) is 109 Å². The lowest BCUT2D eigenvalue weighted by atomic mass is 10.0. The summed E-state index contributed by atoms with van der Waals surface area (Å²) in [6.45, 7) is 4.48. The Morgan fingerprint density at radius 3 is 1.16 bits per heavy atom. The zero-order chi connectivity index (χ0) is 56.3. The number of nitrogens with zero attached hydrogens (tertiary/aromatic N) is 1. The van der Waals surface area contributed by atoms with E-state index in [1.54, 1.807) is 6.08 Å². The molecule has 0 aromatic rings. The zero-order valence-electron chi connectivity index (χ0n) is 49.6. The molecular weight excluding hydrogens is 972 g/mol. The zero-order valence-corrected chi connectivity index (χ0v) is 50.5. The van der Waals surface area contributed by atoms with Crippen LogP contribution in [0.4, 0.5) is 0 Å². The van der Waals surface area contributed by atoms with Crippen molar-refractivity contribution in [2.45, 2.75) is 225 Å². The maximum absolute atomic E-state index is 12.9. The lowest BCUT2D eigenvalue weighted by Gasteiger charge is -2.29. The van der Waals surface area contributed by atoms with Crippen LogP contribution in [0.3, 0.4) is 0 Å². The smallest absolute Gasteiger partial charge is 0.268 e. The van der Waals surface area contributed by atoms with Gasteiger partial charge in [0.05, 0.1) is 39.9 Å². The van der Waals surface area contributed by atoms with Crippen LogP contribution in [0.25, 0.3) is 0 Å². The summed E-state index contributed by atoms with van der Waals surface area (Å²) in [4.78, 5) is 25.5. The Morgan fingerprint density at radius 1 is 0.468 bits per heavy atom. The van der Waals surface area contributed by atoms with Crippen LogP contribution in [0.5, 0.6) is 0 Å². The number of carbonyl (C=O) groups excluding carboxylic acids is 1. The lowest BCUT2D eigenvalue weighted by Crippen LogP contribution is -2.45. The summed E-state index contributed by atoms with van der Waals surface area (Å²) in [6.07, 6.45) is 89.0. The number of quaternary nitrogens is 1. The average molecular weight is 1090 g/mol. The number of unbranched alkanes of at least 4 members (excludes halogenated alkanes) is 16. The normalized spacial score (nSPS) is 14.9. The van der Waals surface area contributed by atoms with E-state index in [1.165, 1.54) is 77.0 Å². The number of hydrogen-bond donors (Lipinski definition) is 2. The third-order valence-corrected chi connectivity index (χ3v) is 13.5. The van der Waals surface area contributed by atoms with Crippen LogP contribution in [0.15, 0.2) is 158 Å². The van der Waals surface area contributed by atoms with E-state index in [-0.39, 0.29) is 18.9 Å². The SMILES string of the molecule is CC/C=C\C/C=C\C/C=C\C/C=C\C/C=C\C/C=C\C/C=C\C/C=C\C/C=C\C/C=C\C/C=C\C/C=C\CCCCC(=O)NC(COP(=O)([O-])OCC[N+](C)(C)C)C(O)/C=C/CCCCCCCCCCCCCCCC. The van der Waals surface area contributed by atoms with Gasteiger partial charge in [0.15, 0.2) is 0 Å². The number of phosphoric ester groups is 1. The van der Waals surface area contributed by atoms with Crippen molar-refractivity contribution in [2.75, 3.05) is 40.9 Å². The number of phosphoric acid groups is 1. The van der Waals surface area contributed by atoms with Gasteiger partial charge in [0.1, 0.15) is 13.2 Å². The highest BCUT2D eigenvalue weighted by Gasteiger charge is 2.23. The Bertz CT molecular complexity index is 1810. The molecule has 0 saturated heterocycles. The number of aliphatic hydroxyl groups is 1. The van der Waals surface area contributed by atoms with Crippen molar-refractivity contribution < 1.29 is 32.9 Å². The van der Waals surface area contributed by atoms with E-state index < -0.39 is 26.6 Å². The van der Waals surface area contributed by atoms with Crippen LogP contribution < -0.4 is 10.2 Å². The highest BCUT2D eigenvalue weighted by molar-refractivity contribution is 7.45. The van der Waals surface area contributed by atoms with E-state index in [4.69, 9.17) is 9.05 Å². The molecule has 0 saturated carbocycles. The molecule has 0 aliphatic heterocycles. The first-order valence-corrected chi connectivity index (χ1v) is 31.8. The number of carbonyl (C=O) groups is 1. The molecule has 0 aliphatic rings. The first-order chi connectivity index (χ1) is 37.5. The molecule has 9 heteroatoms. The number of rotatable bonds is 53. The van der Waals surface area contributed by atoms with E-state index >= 15 is 0 Å². The predicted molar refractivity (Wildman–Crippen MR) is 334 cm³/mol. The summed E-state index contributed by atoms with van der Waals surface area (Å²) in [7, 11) is 1.21. The van der Waals surface area contributed by atoms with Crippen LogP contribution >= 0.6 is 7.82 Å². The van der Waals surface area contributed by atoms with E-state index in [2.05, 4.69) is 165 Å². The Hall–Kier alpha value is -3.88. The number of likely N-dealkylation sites (N-methyl/N-ethyl adjacent to an activating group) is 1. The molecule has 3 unspecified atom stereocenters. The van der Waals surface area contributed by atoms with Gasteiger partial charge in [-0.1, -0.05) is 255 Å². The molecule has 0 rings (SSSR count). The van der Waals surface area contributed by atoms with Gasteiger partial charge >= 0.3 is 0 Å². The summed E-state index contributed by atoms with van der Waals surface area (Å²) in [6, 6.07) is -0.922. The second kappa shape index (κ2) is 56.8. The molecule has 436 valence electrons. The Morgan fingerprint density at radius 2 is 0.792 bits per heavy atom. The summed E-state index contributed by atoms with van der Waals surface area (Å²) in [5.74, 6) is -0.246. The Labute approximate surface area is 473 Å². The van der Waals surface area contributed by atoms with Gasteiger partial charge in [-0.3, -0.25) is 9.36 Å². The summed E-state index contributed by atoms with van der Waals surface area (Å²) < 4.78 is 23.3. The van der Waals surface area contributed by atoms with Crippen LogP contribution in [0.2, 0.25) is 0 Å². The molecule has 2 N–H and O–H groups in total. The van der Waals surface area contributed by atoms with Crippen molar-refractivity contribution in [2.24, 2.45) is 0 Å². The van der Waals surface area contributed by atoms with Crippen molar-refractivity contribution in [3.8, 4) is 0 Å². The number of amides is 1. The lowest BCUT2D eigenvalue weighted by molar-refractivity contribution is -0.870. The monoisotopic (exact) mass is 1080 g/mol. The van der Waals surface area contributed by atoms with Crippen LogP contribution in [0.1, 0.15) is 213 Å². The average Bonchev–Trinajstić information content (AvgIpc) is 3.39. The van der Waals surface area contributed by atoms with Gasteiger partial charge in [0, 0.05) is 6.42 Å². The second-order valence-electron chi connectivity index (χ2n) is 21.0. The molecule has 77 heavy (non-hydrogen) atoms. The molecule has 1 amide bonds. The molecule has 0 heterocycles. The molecule has 0 aromatic heterocycles. The van der Waals surface area contributed by atoms with Crippen molar-refractivity contribution >= 4 is 13.7 Å². The van der Waals surface area contributed by atoms with Gasteiger partial charge in [0.2, 0.25) is 5.91 Å².